The standard InChI is InChI=1S/C24H33N3O4S2.C22H31N3O5S2/c1-31-21-9-5-8-19(14-21)24(28)26-16-22-10-11-23(32-22)33(29,30)27-13-12-20(17-27)25-15-18-6-3-2-4-7-18;1-3-12-30-13-10-23-18-9-11-25(16-18)32(27,28)21-8-7-20(31-21)15-24-22(26)17-5-4-6-19(14-17)29-2/h5,8-11,14,18,20,25H,2-4,6-7,12-13,15-17H2,1H3,(H,26,28);4-8,14,18,23H,3,9-13,15-16H2,1-2H3,(H,24,26). The molecule has 3 fully saturated rings. The number of hydrogen-bond donors (Lipinski definition) is 4. The van der Waals surface area contributed by atoms with Crippen molar-refractivity contribution < 1.29 is 40.6 Å². The summed E-state index contributed by atoms with van der Waals surface area (Å²) < 4.78 is 71.8. The van der Waals surface area contributed by atoms with Crippen LogP contribution in [0.4, 0.5) is 0 Å². The van der Waals surface area contributed by atoms with Crippen molar-refractivity contribution in [2.45, 2.75) is 91.9 Å². The number of nitrogens with zero attached hydrogens (tertiary/aromatic N) is 2. The highest BCUT2D eigenvalue weighted by molar-refractivity contribution is 7.91. The minimum atomic E-state index is -3.54. The van der Waals surface area contributed by atoms with Gasteiger partial charge in [-0.25, -0.2) is 16.8 Å². The molecule has 2 aliphatic heterocycles. The van der Waals surface area contributed by atoms with E-state index >= 15 is 0 Å². The number of ether oxygens (including phenoxy) is 3. The second-order valence-corrected chi connectivity index (χ2v) is 23.1. The van der Waals surface area contributed by atoms with Crippen molar-refractivity contribution in [3.63, 3.8) is 0 Å². The van der Waals surface area contributed by atoms with E-state index in [0.717, 1.165) is 48.1 Å². The molecule has 2 saturated heterocycles. The Labute approximate surface area is 392 Å². The Morgan fingerprint density at radius 1 is 0.662 bits per heavy atom. The topological polar surface area (TPSA) is 185 Å². The molecule has 2 aromatic carbocycles. The van der Waals surface area contributed by atoms with Gasteiger partial charge in [0, 0.05) is 72.3 Å². The summed E-state index contributed by atoms with van der Waals surface area (Å²) in [5.74, 6) is 1.49. The maximum Gasteiger partial charge on any atom is 0.252 e. The maximum atomic E-state index is 13.1. The largest absolute Gasteiger partial charge is 0.497 e. The lowest BCUT2D eigenvalue weighted by molar-refractivity contribution is 0.0943. The van der Waals surface area contributed by atoms with Crippen molar-refractivity contribution in [3.8, 4) is 11.5 Å². The van der Waals surface area contributed by atoms with E-state index in [1.54, 1.807) is 91.3 Å². The zero-order valence-corrected chi connectivity index (χ0v) is 40.9. The smallest absolute Gasteiger partial charge is 0.252 e. The van der Waals surface area contributed by atoms with Gasteiger partial charge in [0.2, 0.25) is 0 Å². The number of hydrogen-bond acceptors (Lipinski definition) is 13. The van der Waals surface area contributed by atoms with Gasteiger partial charge >= 0.3 is 0 Å². The van der Waals surface area contributed by atoms with Crippen LogP contribution in [0.1, 0.15) is 88.8 Å². The summed E-state index contributed by atoms with van der Waals surface area (Å²) in [5, 5.41) is 12.7. The van der Waals surface area contributed by atoms with Gasteiger partial charge in [-0.05, 0) is 105 Å². The van der Waals surface area contributed by atoms with Gasteiger partial charge in [-0.15, -0.1) is 22.7 Å². The van der Waals surface area contributed by atoms with E-state index in [1.807, 2.05) is 0 Å². The number of carbonyl (C=O) groups is 2. The van der Waals surface area contributed by atoms with Crippen LogP contribution in [0.2, 0.25) is 0 Å². The molecule has 19 heteroatoms. The highest BCUT2D eigenvalue weighted by Crippen LogP contribution is 2.30. The van der Waals surface area contributed by atoms with Crippen LogP contribution < -0.4 is 30.7 Å². The van der Waals surface area contributed by atoms with E-state index in [-0.39, 0.29) is 37.0 Å². The third-order valence-electron chi connectivity index (χ3n) is 11.7. The Kier molecular flexibility index (Phi) is 19.2. The van der Waals surface area contributed by atoms with Crippen molar-refractivity contribution in [1.29, 1.82) is 0 Å². The van der Waals surface area contributed by atoms with Crippen LogP contribution in [0, 0.1) is 5.92 Å². The molecule has 0 spiro atoms. The normalized spacial score (nSPS) is 18.5. The molecule has 2 unspecified atom stereocenters. The number of benzene rings is 2. The van der Waals surface area contributed by atoms with Crippen molar-refractivity contribution in [1.82, 2.24) is 29.9 Å². The van der Waals surface area contributed by atoms with Gasteiger partial charge in [-0.1, -0.05) is 38.3 Å². The maximum absolute atomic E-state index is 13.1. The Bertz CT molecular complexity index is 2370. The first-order valence-electron chi connectivity index (χ1n) is 22.5. The molecule has 2 amide bonds. The molecule has 1 aliphatic carbocycles. The van der Waals surface area contributed by atoms with Crippen LogP contribution in [0.3, 0.4) is 0 Å². The molecule has 15 nitrogen and oxygen atoms in total. The quantitative estimate of drug-likeness (QED) is 0.0710. The van der Waals surface area contributed by atoms with Crippen LogP contribution >= 0.6 is 22.7 Å². The van der Waals surface area contributed by atoms with Gasteiger partial charge in [0.25, 0.3) is 31.9 Å². The summed E-state index contributed by atoms with van der Waals surface area (Å²) in [4.78, 5) is 26.4. The number of rotatable bonds is 21. The molecule has 1 saturated carbocycles. The predicted octanol–water partition coefficient (Wildman–Crippen LogP) is 6.09. The minimum absolute atomic E-state index is 0.136. The molecule has 356 valence electrons. The molecule has 4 aromatic rings. The van der Waals surface area contributed by atoms with Gasteiger partial charge in [0.1, 0.15) is 19.9 Å². The molecule has 65 heavy (non-hydrogen) atoms. The molecular weight excluding hydrogens is 909 g/mol. The second kappa shape index (κ2) is 24.7. The summed E-state index contributed by atoms with van der Waals surface area (Å²) in [5.41, 5.74) is 0.993. The van der Waals surface area contributed by atoms with E-state index in [4.69, 9.17) is 14.2 Å². The predicted molar refractivity (Wildman–Crippen MR) is 255 cm³/mol. The number of carbonyl (C=O) groups excluding carboxylic acids is 2. The molecular formula is C46H64N6O9S4. The number of sulfonamides is 2. The van der Waals surface area contributed by atoms with Crippen molar-refractivity contribution >= 4 is 54.5 Å². The van der Waals surface area contributed by atoms with Gasteiger partial charge in [-0.2, -0.15) is 8.61 Å². The van der Waals surface area contributed by atoms with Gasteiger partial charge in [0.05, 0.1) is 33.9 Å². The first-order chi connectivity index (χ1) is 31.4. The fraction of sp³-hybridized carbons (Fsp3) is 0.522. The molecule has 4 heterocycles. The van der Waals surface area contributed by atoms with Crippen molar-refractivity contribution in [2.75, 3.05) is 66.7 Å². The van der Waals surface area contributed by atoms with Crippen LogP contribution in [-0.4, -0.2) is 116 Å². The minimum Gasteiger partial charge on any atom is -0.497 e. The molecule has 7 rings (SSSR count). The molecule has 3 aliphatic rings. The highest BCUT2D eigenvalue weighted by atomic mass is 32.3. The molecule has 0 radical (unpaired) electrons. The van der Waals surface area contributed by atoms with Crippen molar-refractivity contribution in [2.24, 2.45) is 5.92 Å². The van der Waals surface area contributed by atoms with Gasteiger partial charge < -0.3 is 35.5 Å². The molecule has 0 bridgehead atoms. The van der Waals surface area contributed by atoms with Crippen LogP contribution in [0.5, 0.6) is 11.5 Å². The van der Waals surface area contributed by atoms with E-state index in [2.05, 4.69) is 28.2 Å². The summed E-state index contributed by atoms with van der Waals surface area (Å²) in [7, 11) is -3.95. The Hall–Kier alpha value is -3.92. The monoisotopic (exact) mass is 972 g/mol. The Morgan fingerprint density at radius 2 is 1.17 bits per heavy atom. The fourth-order valence-electron chi connectivity index (χ4n) is 8.04. The Morgan fingerprint density at radius 3 is 1.66 bits per heavy atom. The number of thiophene rings is 2. The summed E-state index contributed by atoms with van der Waals surface area (Å²) in [6.07, 6.45) is 9.17. The lowest BCUT2D eigenvalue weighted by Crippen LogP contribution is -2.37. The lowest BCUT2D eigenvalue weighted by Gasteiger charge is -2.24. The van der Waals surface area contributed by atoms with Crippen LogP contribution in [0.25, 0.3) is 0 Å². The number of nitrogens with one attached hydrogen (secondary N) is 4. The summed E-state index contributed by atoms with van der Waals surface area (Å²) >= 11 is 2.41. The Balaban J connectivity index is 0.000000216. The third-order valence-corrected chi connectivity index (χ3v) is 18.6. The first kappa shape index (κ1) is 50.5. The third kappa shape index (κ3) is 14.5. The zero-order chi connectivity index (χ0) is 46.2. The second-order valence-electron chi connectivity index (χ2n) is 16.4. The van der Waals surface area contributed by atoms with E-state index < -0.39 is 20.0 Å². The van der Waals surface area contributed by atoms with E-state index in [1.165, 1.54) is 59.1 Å². The highest BCUT2D eigenvalue weighted by Gasteiger charge is 2.35. The van der Waals surface area contributed by atoms with Crippen molar-refractivity contribution in [3.05, 3.63) is 93.7 Å². The van der Waals surface area contributed by atoms with Crippen LogP contribution in [-0.2, 0) is 37.9 Å². The fourth-order valence-corrected chi connectivity index (χ4v) is 13.9. The zero-order valence-electron chi connectivity index (χ0n) is 37.6. The molecule has 2 atom stereocenters. The molecule has 4 N–H and O–H groups in total. The number of methoxy groups -OCH3 is 2. The van der Waals surface area contributed by atoms with Crippen LogP contribution in [0.15, 0.2) is 81.2 Å². The summed E-state index contributed by atoms with van der Waals surface area (Å²) in [6.45, 7) is 7.71. The lowest BCUT2D eigenvalue weighted by atomic mass is 9.89. The number of amides is 2. The molecule has 2 aromatic heterocycles. The SMILES string of the molecule is CCCOCCNC1CCN(S(=O)(=O)c2ccc(CNC(=O)c3cccc(OC)c3)s2)C1.COc1cccc(C(=O)NCc2ccc(S(=O)(=O)N3CCC(NCC4CCCCC4)C3)s2)c1. The summed E-state index contributed by atoms with van der Waals surface area (Å²) in [6, 6.07) is 21.0. The van der Waals surface area contributed by atoms with Gasteiger partial charge in [0.15, 0.2) is 0 Å². The average molecular weight is 973 g/mol. The van der Waals surface area contributed by atoms with Gasteiger partial charge in [-0.3, -0.25) is 9.59 Å². The average Bonchev–Trinajstić information content (AvgIpc) is 4.18. The first-order valence-corrected chi connectivity index (χ1v) is 27.0. The van der Waals surface area contributed by atoms with E-state index in [9.17, 15) is 26.4 Å². The van der Waals surface area contributed by atoms with E-state index in [0.29, 0.717) is 70.4 Å².